The van der Waals surface area contributed by atoms with Gasteiger partial charge in [-0.2, -0.15) is 0 Å². The number of halogens is 1. The Labute approximate surface area is 122 Å². The van der Waals surface area contributed by atoms with E-state index in [9.17, 15) is 0 Å². The fourth-order valence-corrected chi connectivity index (χ4v) is 3.22. The van der Waals surface area contributed by atoms with Crippen LogP contribution in [0.4, 0.5) is 5.69 Å². The van der Waals surface area contributed by atoms with Gasteiger partial charge in [-0.3, -0.25) is 4.99 Å². The number of hydrogen-bond donors (Lipinski definition) is 1. The molecule has 1 aromatic rings. The lowest BCUT2D eigenvalue weighted by atomic mass is 9.85. The fourth-order valence-electron chi connectivity index (χ4n) is 1.90. The van der Waals surface area contributed by atoms with Crippen molar-refractivity contribution in [2.45, 2.75) is 33.2 Å². The van der Waals surface area contributed by atoms with Crippen molar-refractivity contribution in [2.24, 2.45) is 10.4 Å². The number of aliphatic imine (C=N–C) groups is 1. The molecule has 0 amide bonds. The lowest BCUT2D eigenvalue weighted by Crippen LogP contribution is -2.30. The van der Waals surface area contributed by atoms with Gasteiger partial charge in [0.05, 0.1) is 6.04 Å². The third-order valence-electron chi connectivity index (χ3n) is 2.98. The van der Waals surface area contributed by atoms with Crippen molar-refractivity contribution in [3.8, 4) is 0 Å². The van der Waals surface area contributed by atoms with Crippen LogP contribution >= 0.6 is 27.7 Å². The molecule has 0 aliphatic carbocycles. The summed E-state index contributed by atoms with van der Waals surface area (Å²) in [6.07, 6.45) is 1.16. The molecule has 0 fully saturated rings. The van der Waals surface area contributed by atoms with Crippen molar-refractivity contribution < 1.29 is 0 Å². The summed E-state index contributed by atoms with van der Waals surface area (Å²) in [5.41, 5.74) is 1.33. The van der Waals surface area contributed by atoms with Crippen molar-refractivity contribution >= 4 is 38.5 Å². The molecule has 0 radical (unpaired) electrons. The predicted molar refractivity (Wildman–Crippen MR) is 85.5 cm³/mol. The number of amidine groups is 1. The first-order valence-corrected chi connectivity index (χ1v) is 7.96. The quantitative estimate of drug-likeness (QED) is 0.803. The SMILES string of the molecule is CC(C)(C)C1CCSC(Nc2cccc(Br)c2)=N1. The van der Waals surface area contributed by atoms with Crippen LogP contribution in [0.1, 0.15) is 27.2 Å². The molecule has 0 aromatic heterocycles. The summed E-state index contributed by atoms with van der Waals surface area (Å²) in [7, 11) is 0. The Balaban J connectivity index is 2.11. The van der Waals surface area contributed by atoms with Gasteiger partial charge in [0.2, 0.25) is 0 Å². The molecular formula is C14H19BrN2S. The van der Waals surface area contributed by atoms with E-state index in [1.807, 2.05) is 23.9 Å². The van der Waals surface area contributed by atoms with Crippen molar-refractivity contribution in [3.05, 3.63) is 28.7 Å². The summed E-state index contributed by atoms with van der Waals surface area (Å²) in [6, 6.07) is 8.60. The number of rotatable bonds is 1. The minimum absolute atomic E-state index is 0.241. The number of hydrogen-bond acceptors (Lipinski definition) is 3. The predicted octanol–water partition coefficient (Wildman–Crippen LogP) is 4.77. The Morgan fingerprint density at radius 1 is 1.39 bits per heavy atom. The van der Waals surface area contributed by atoms with Gasteiger partial charge in [0.1, 0.15) is 0 Å². The Morgan fingerprint density at radius 2 is 2.17 bits per heavy atom. The van der Waals surface area contributed by atoms with E-state index in [1.54, 1.807) is 0 Å². The number of nitrogens with one attached hydrogen (secondary N) is 1. The van der Waals surface area contributed by atoms with Gasteiger partial charge in [0.15, 0.2) is 5.17 Å². The summed E-state index contributed by atoms with van der Waals surface area (Å²) in [4.78, 5) is 4.83. The van der Waals surface area contributed by atoms with Gasteiger partial charge in [0, 0.05) is 15.9 Å². The van der Waals surface area contributed by atoms with E-state index in [4.69, 9.17) is 4.99 Å². The summed E-state index contributed by atoms with van der Waals surface area (Å²) >= 11 is 5.29. The maximum atomic E-state index is 4.83. The molecule has 0 bridgehead atoms. The van der Waals surface area contributed by atoms with Gasteiger partial charge < -0.3 is 5.32 Å². The number of nitrogens with zero attached hydrogens (tertiary/aromatic N) is 1. The normalized spacial score (nSPS) is 20.4. The van der Waals surface area contributed by atoms with E-state index in [2.05, 4.69) is 54.2 Å². The molecule has 2 nitrogen and oxygen atoms in total. The summed E-state index contributed by atoms with van der Waals surface area (Å²) in [5.74, 6) is 1.14. The second-order valence-electron chi connectivity index (χ2n) is 5.59. The molecule has 1 atom stereocenters. The van der Waals surface area contributed by atoms with Crippen molar-refractivity contribution in [2.75, 3.05) is 11.1 Å². The average molecular weight is 327 g/mol. The standard InChI is InChI=1S/C14H19BrN2S/c1-14(2,3)12-7-8-18-13(17-12)16-11-6-4-5-10(15)9-11/h4-6,9,12H,7-8H2,1-3H3,(H,16,17). The number of benzene rings is 1. The van der Waals surface area contributed by atoms with Crippen LogP contribution in [-0.2, 0) is 0 Å². The molecule has 0 spiro atoms. The smallest absolute Gasteiger partial charge is 0.161 e. The minimum atomic E-state index is 0.241. The molecule has 0 saturated heterocycles. The van der Waals surface area contributed by atoms with Gasteiger partial charge in [0.25, 0.3) is 0 Å². The van der Waals surface area contributed by atoms with Crippen LogP contribution in [0.15, 0.2) is 33.7 Å². The van der Waals surface area contributed by atoms with E-state index in [1.165, 1.54) is 0 Å². The molecule has 1 unspecified atom stereocenters. The lowest BCUT2D eigenvalue weighted by molar-refractivity contribution is 0.316. The van der Waals surface area contributed by atoms with E-state index in [0.29, 0.717) is 6.04 Å². The topological polar surface area (TPSA) is 24.4 Å². The molecule has 18 heavy (non-hydrogen) atoms. The van der Waals surface area contributed by atoms with E-state index < -0.39 is 0 Å². The highest BCUT2D eigenvalue weighted by Crippen LogP contribution is 2.31. The third kappa shape index (κ3) is 3.75. The average Bonchev–Trinajstić information content (AvgIpc) is 2.28. The first kappa shape index (κ1) is 13.9. The molecular weight excluding hydrogens is 308 g/mol. The number of thioether (sulfide) groups is 1. The van der Waals surface area contributed by atoms with Gasteiger partial charge in [-0.25, -0.2) is 0 Å². The Hall–Kier alpha value is -0.480. The Morgan fingerprint density at radius 3 is 2.83 bits per heavy atom. The first-order chi connectivity index (χ1) is 8.45. The maximum absolute atomic E-state index is 4.83. The molecule has 1 aliphatic rings. The van der Waals surface area contributed by atoms with Crippen molar-refractivity contribution in [3.63, 3.8) is 0 Å². The third-order valence-corrected chi connectivity index (χ3v) is 4.39. The monoisotopic (exact) mass is 326 g/mol. The Kier molecular flexibility index (Phi) is 4.38. The molecule has 1 N–H and O–H groups in total. The van der Waals surface area contributed by atoms with Crippen LogP contribution in [0.2, 0.25) is 0 Å². The van der Waals surface area contributed by atoms with Crippen molar-refractivity contribution in [1.82, 2.24) is 0 Å². The maximum Gasteiger partial charge on any atom is 0.161 e. The highest BCUT2D eigenvalue weighted by Gasteiger charge is 2.27. The second-order valence-corrected chi connectivity index (χ2v) is 7.59. The highest BCUT2D eigenvalue weighted by molar-refractivity contribution is 9.10. The lowest BCUT2D eigenvalue weighted by Gasteiger charge is -2.31. The molecule has 1 aromatic carbocycles. The minimum Gasteiger partial charge on any atom is -0.335 e. The zero-order chi connectivity index (χ0) is 13.2. The molecule has 4 heteroatoms. The number of anilines is 1. The Bertz CT molecular complexity index is 451. The fraction of sp³-hybridized carbons (Fsp3) is 0.500. The molecule has 1 aliphatic heterocycles. The van der Waals surface area contributed by atoms with E-state index in [0.717, 1.165) is 27.5 Å². The van der Waals surface area contributed by atoms with Crippen LogP contribution in [0.3, 0.4) is 0 Å². The zero-order valence-corrected chi connectivity index (χ0v) is 13.4. The van der Waals surface area contributed by atoms with Crippen LogP contribution in [0.25, 0.3) is 0 Å². The van der Waals surface area contributed by atoms with Crippen LogP contribution in [0, 0.1) is 5.41 Å². The molecule has 2 rings (SSSR count). The van der Waals surface area contributed by atoms with Crippen LogP contribution in [-0.4, -0.2) is 17.0 Å². The largest absolute Gasteiger partial charge is 0.335 e. The highest BCUT2D eigenvalue weighted by atomic mass is 79.9. The molecule has 1 heterocycles. The van der Waals surface area contributed by atoms with Crippen LogP contribution in [0.5, 0.6) is 0 Å². The second kappa shape index (κ2) is 5.66. The molecule has 0 saturated carbocycles. The summed E-state index contributed by atoms with van der Waals surface area (Å²) in [5, 5.41) is 4.45. The van der Waals surface area contributed by atoms with Gasteiger partial charge in [-0.1, -0.05) is 54.5 Å². The summed E-state index contributed by atoms with van der Waals surface area (Å²) < 4.78 is 1.08. The zero-order valence-electron chi connectivity index (χ0n) is 11.0. The van der Waals surface area contributed by atoms with Gasteiger partial charge >= 0.3 is 0 Å². The summed E-state index contributed by atoms with van der Waals surface area (Å²) in [6.45, 7) is 6.77. The van der Waals surface area contributed by atoms with Crippen LogP contribution < -0.4 is 5.32 Å². The van der Waals surface area contributed by atoms with Gasteiger partial charge in [-0.05, 0) is 30.0 Å². The molecule has 98 valence electrons. The van der Waals surface area contributed by atoms with E-state index >= 15 is 0 Å². The van der Waals surface area contributed by atoms with E-state index in [-0.39, 0.29) is 5.41 Å². The van der Waals surface area contributed by atoms with Gasteiger partial charge in [-0.15, -0.1) is 0 Å². The first-order valence-electron chi connectivity index (χ1n) is 6.18. The van der Waals surface area contributed by atoms with Crippen molar-refractivity contribution in [1.29, 1.82) is 0 Å².